The fourth-order valence-electron chi connectivity index (χ4n) is 3.34. The number of hydrogen-bond acceptors (Lipinski definition) is 3. The van der Waals surface area contributed by atoms with Crippen molar-refractivity contribution in [1.82, 2.24) is 0 Å². The van der Waals surface area contributed by atoms with E-state index in [9.17, 15) is 4.79 Å². The summed E-state index contributed by atoms with van der Waals surface area (Å²) in [5.74, 6) is -0.193. The first-order chi connectivity index (χ1) is 12.1. The van der Waals surface area contributed by atoms with E-state index in [1.165, 1.54) is 37.7 Å². The smallest absolute Gasteiger partial charge is 0.320 e. The maximum absolute atomic E-state index is 10.8. The molecule has 142 valence electrons. The lowest BCUT2D eigenvalue weighted by molar-refractivity contribution is -0.138. The van der Waals surface area contributed by atoms with Gasteiger partial charge in [-0.05, 0) is 49.1 Å². The Morgan fingerprint density at radius 3 is 2.48 bits per heavy atom. The molecule has 1 aromatic carbocycles. The fraction of sp³-hybridized carbons (Fsp3) is 0.667. The van der Waals surface area contributed by atoms with Gasteiger partial charge in [-0.15, -0.1) is 0 Å². The highest BCUT2D eigenvalue weighted by Crippen LogP contribution is 2.27. The largest absolute Gasteiger partial charge is 0.480 e. The minimum atomic E-state index is -0.950. The van der Waals surface area contributed by atoms with Crippen LogP contribution in [-0.4, -0.2) is 29.8 Å². The van der Waals surface area contributed by atoms with Crippen molar-refractivity contribution in [2.24, 2.45) is 11.7 Å². The van der Waals surface area contributed by atoms with Crippen LogP contribution in [0.2, 0.25) is 0 Å². The molecule has 3 unspecified atom stereocenters. The van der Waals surface area contributed by atoms with Crippen LogP contribution in [0.25, 0.3) is 0 Å². The molecule has 1 heterocycles. The maximum Gasteiger partial charge on any atom is 0.320 e. The van der Waals surface area contributed by atoms with Crippen molar-refractivity contribution in [1.29, 1.82) is 0 Å². The lowest BCUT2D eigenvalue weighted by Crippen LogP contribution is -2.32. The molecule has 1 aliphatic heterocycles. The van der Waals surface area contributed by atoms with Crippen LogP contribution in [0.1, 0.15) is 64.0 Å². The minimum Gasteiger partial charge on any atom is -0.480 e. The average molecular weight is 350 g/mol. The third-order valence-corrected chi connectivity index (χ3v) is 4.87. The van der Waals surface area contributed by atoms with Gasteiger partial charge in [-0.3, -0.25) is 4.79 Å². The fourth-order valence-corrected chi connectivity index (χ4v) is 3.34. The van der Waals surface area contributed by atoms with Crippen LogP contribution in [0, 0.1) is 5.92 Å². The van der Waals surface area contributed by atoms with Crippen LogP contribution >= 0.6 is 0 Å². The molecule has 4 nitrogen and oxygen atoms in total. The van der Waals surface area contributed by atoms with E-state index in [2.05, 4.69) is 19.1 Å². The highest BCUT2D eigenvalue weighted by molar-refractivity contribution is 5.73. The summed E-state index contributed by atoms with van der Waals surface area (Å²) in [5.41, 5.74) is 7.84. The molecule has 0 aliphatic carbocycles. The van der Waals surface area contributed by atoms with Gasteiger partial charge in [0.25, 0.3) is 0 Å². The molecule has 0 spiro atoms. The molecule has 0 aromatic heterocycles. The summed E-state index contributed by atoms with van der Waals surface area (Å²) >= 11 is 0. The summed E-state index contributed by atoms with van der Waals surface area (Å²) in [6.45, 7) is 7.19. The molecule has 0 amide bonds. The van der Waals surface area contributed by atoms with Gasteiger partial charge in [0.1, 0.15) is 6.04 Å². The molecule has 1 saturated heterocycles. The Kier molecular flexibility index (Phi) is 10.4. The monoisotopic (exact) mass is 349 g/mol. The molecule has 3 atom stereocenters. The van der Waals surface area contributed by atoms with E-state index in [4.69, 9.17) is 15.6 Å². The number of aliphatic carboxylic acids is 1. The molecule has 0 radical (unpaired) electrons. The van der Waals surface area contributed by atoms with Crippen LogP contribution in [0.15, 0.2) is 24.3 Å². The SMILES string of the molecule is CC.CCC1CCOC1CCCCc1ccc(CC(N)C(=O)O)cc1. The van der Waals surface area contributed by atoms with Crippen molar-refractivity contribution < 1.29 is 14.6 Å². The second kappa shape index (κ2) is 12.0. The van der Waals surface area contributed by atoms with E-state index in [0.29, 0.717) is 12.5 Å². The lowest BCUT2D eigenvalue weighted by atomic mass is 9.94. The molecule has 1 fully saturated rings. The Morgan fingerprint density at radius 2 is 1.88 bits per heavy atom. The number of aryl methyl sites for hydroxylation is 1. The second-order valence-corrected chi connectivity index (χ2v) is 6.58. The van der Waals surface area contributed by atoms with Crippen LogP contribution < -0.4 is 5.73 Å². The zero-order chi connectivity index (χ0) is 18.7. The van der Waals surface area contributed by atoms with E-state index in [1.54, 1.807) is 0 Å². The summed E-state index contributed by atoms with van der Waals surface area (Å²) in [7, 11) is 0. The molecule has 3 N–H and O–H groups in total. The predicted octanol–water partition coefficient (Wildman–Crippen LogP) is 4.20. The number of hydrogen-bond donors (Lipinski definition) is 2. The topological polar surface area (TPSA) is 72.5 Å². The van der Waals surface area contributed by atoms with E-state index in [1.807, 2.05) is 26.0 Å². The Morgan fingerprint density at radius 1 is 1.24 bits per heavy atom. The minimum absolute atomic E-state index is 0.382. The van der Waals surface area contributed by atoms with Crippen molar-refractivity contribution in [3.63, 3.8) is 0 Å². The highest BCUT2D eigenvalue weighted by Gasteiger charge is 2.25. The van der Waals surface area contributed by atoms with E-state index in [0.717, 1.165) is 24.5 Å². The number of unbranched alkanes of at least 4 members (excludes halogenated alkanes) is 1. The van der Waals surface area contributed by atoms with Crippen molar-refractivity contribution >= 4 is 5.97 Å². The lowest BCUT2D eigenvalue weighted by Gasteiger charge is -2.16. The molecule has 0 saturated carbocycles. The zero-order valence-electron chi connectivity index (χ0n) is 16.0. The van der Waals surface area contributed by atoms with Gasteiger partial charge in [-0.2, -0.15) is 0 Å². The van der Waals surface area contributed by atoms with Gasteiger partial charge in [0.15, 0.2) is 0 Å². The van der Waals surface area contributed by atoms with Gasteiger partial charge in [-0.1, -0.05) is 57.9 Å². The van der Waals surface area contributed by atoms with Crippen molar-refractivity contribution in [3.8, 4) is 0 Å². The molecular formula is C21H35NO3. The van der Waals surface area contributed by atoms with Gasteiger partial charge in [0.2, 0.25) is 0 Å². The first-order valence-electron chi connectivity index (χ1n) is 9.78. The maximum atomic E-state index is 10.8. The van der Waals surface area contributed by atoms with Crippen LogP contribution in [-0.2, 0) is 22.4 Å². The molecule has 1 aromatic rings. The average Bonchev–Trinajstić information content (AvgIpc) is 3.09. The van der Waals surface area contributed by atoms with Gasteiger partial charge >= 0.3 is 5.97 Å². The Hall–Kier alpha value is -1.39. The van der Waals surface area contributed by atoms with E-state index in [-0.39, 0.29) is 0 Å². The van der Waals surface area contributed by atoms with Crippen molar-refractivity contribution in [2.45, 2.75) is 77.9 Å². The first kappa shape index (κ1) is 21.7. The van der Waals surface area contributed by atoms with E-state index >= 15 is 0 Å². The van der Waals surface area contributed by atoms with Crippen LogP contribution in [0.5, 0.6) is 0 Å². The summed E-state index contributed by atoms with van der Waals surface area (Å²) in [6, 6.07) is 7.34. The first-order valence-corrected chi connectivity index (χ1v) is 9.78. The van der Waals surface area contributed by atoms with Crippen molar-refractivity contribution in [3.05, 3.63) is 35.4 Å². The normalized spacial score (nSPS) is 20.6. The Balaban J connectivity index is 0.00000151. The molecular weight excluding hydrogens is 314 g/mol. The molecule has 1 aliphatic rings. The number of carbonyl (C=O) groups is 1. The number of carboxylic acids is 1. The predicted molar refractivity (Wildman–Crippen MR) is 103 cm³/mol. The van der Waals surface area contributed by atoms with Gasteiger partial charge in [0, 0.05) is 6.61 Å². The number of carboxylic acid groups (broad SMARTS) is 1. The molecule has 2 rings (SSSR count). The zero-order valence-corrected chi connectivity index (χ0v) is 16.0. The third kappa shape index (κ3) is 7.57. The second-order valence-electron chi connectivity index (χ2n) is 6.58. The number of benzene rings is 1. The summed E-state index contributed by atoms with van der Waals surface area (Å²) in [6.07, 6.45) is 7.91. The number of ether oxygens (including phenoxy) is 1. The van der Waals surface area contributed by atoms with Gasteiger partial charge < -0.3 is 15.6 Å². The number of nitrogens with two attached hydrogens (primary N) is 1. The third-order valence-electron chi connectivity index (χ3n) is 4.87. The Labute approximate surface area is 152 Å². The Bertz CT molecular complexity index is 486. The summed E-state index contributed by atoms with van der Waals surface area (Å²) in [4.78, 5) is 10.8. The summed E-state index contributed by atoms with van der Waals surface area (Å²) in [5, 5.41) is 8.83. The summed E-state index contributed by atoms with van der Waals surface area (Å²) < 4.78 is 5.82. The highest BCUT2D eigenvalue weighted by atomic mass is 16.5. The van der Waals surface area contributed by atoms with Crippen LogP contribution in [0.4, 0.5) is 0 Å². The quantitative estimate of drug-likeness (QED) is 0.656. The van der Waals surface area contributed by atoms with Gasteiger partial charge in [0.05, 0.1) is 6.10 Å². The molecule has 25 heavy (non-hydrogen) atoms. The standard InChI is InChI=1S/C19H29NO3.C2H6/c1-2-16-11-12-23-18(16)6-4-3-5-14-7-9-15(10-8-14)13-17(20)19(21)22;1-2/h7-10,16-18H,2-6,11-13,20H2,1H3,(H,21,22);1-2H3. The molecule has 4 heteroatoms. The van der Waals surface area contributed by atoms with Crippen molar-refractivity contribution in [2.75, 3.05) is 6.61 Å². The van der Waals surface area contributed by atoms with Gasteiger partial charge in [-0.25, -0.2) is 0 Å². The molecule has 0 bridgehead atoms. The van der Waals surface area contributed by atoms with E-state index < -0.39 is 12.0 Å². The number of rotatable bonds is 9. The van der Waals surface area contributed by atoms with Crippen LogP contribution in [0.3, 0.4) is 0 Å².